The zero-order valence-corrected chi connectivity index (χ0v) is 15.2. The second kappa shape index (κ2) is 9.80. The van der Waals surface area contributed by atoms with Gasteiger partial charge in [-0.15, -0.1) is 0 Å². The maximum Gasteiger partial charge on any atom is 0.224 e. The van der Waals surface area contributed by atoms with Crippen molar-refractivity contribution in [1.29, 1.82) is 0 Å². The fourth-order valence-corrected chi connectivity index (χ4v) is 2.55. The molecule has 1 N–H and O–H groups in total. The summed E-state index contributed by atoms with van der Waals surface area (Å²) in [6.07, 6.45) is 1.62. The van der Waals surface area contributed by atoms with Gasteiger partial charge in [0, 0.05) is 32.0 Å². The van der Waals surface area contributed by atoms with E-state index in [1.54, 1.807) is 37.3 Å². The number of hydrogen-bond acceptors (Lipinski definition) is 4. The molecule has 1 aromatic carbocycles. The van der Waals surface area contributed by atoms with Gasteiger partial charge in [-0.2, -0.15) is 0 Å². The van der Waals surface area contributed by atoms with Gasteiger partial charge in [0.25, 0.3) is 0 Å². The Balaban J connectivity index is 2.85. The Morgan fingerprint density at radius 2 is 1.83 bits per heavy atom. The fraction of sp³-hybridized carbons (Fsp3) is 0.556. The maximum absolute atomic E-state index is 12.1. The van der Waals surface area contributed by atoms with Crippen LogP contribution in [0.5, 0.6) is 11.5 Å². The Labute approximate surface area is 144 Å². The number of carbonyl (C=O) groups is 2. The van der Waals surface area contributed by atoms with E-state index in [0.717, 1.165) is 12.8 Å². The first kappa shape index (κ1) is 19.8. The standard InChI is InChI=1S/C18H28N2O4/c1-6-14(7-2)18(22)19-10-11-20(13(3)21)16-12-15(23-4)8-9-17(16)24-5/h8-9,12,14H,6-7,10-11H2,1-5H3,(H,19,22). The SMILES string of the molecule is CCC(CC)C(=O)NCCN(C(C)=O)c1cc(OC)ccc1OC. The molecule has 0 aliphatic carbocycles. The Morgan fingerprint density at radius 3 is 2.33 bits per heavy atom. The van der Waals surface area contributed by atoms with E-state index in [4.69, 9.17) is 9.47 Å². The van der Waals surface area contributed by atoms with Crippen LogP contribution in [0, 0.1) is 5.92 Å². The fourth-order valence-electron chi connectivity index (χ4n) is 2.55. The van der Waals surface area contributed by atoms with Crippen LogP contribution in [-0.4, -0.2) is 39.1 Å². The zero-order valence-electron chi connectivity index (χ0n) is 15.2. The number of anilines is 1. The van der Waals surface area contributed by atoms with Gasteiger partial charge >= 0.3 is 0 Å². The molecule has 0 bridgehead atoms. The summed E-state index contributed by atoms with van der Waals surface area (Å²) >= 11 is 0. The lowest BCUT2D eigenvalue weighted by molar-refractivity contribution is -0.125. The first-order valence-electron chi connectivity index (χ1n) is 8.26. The minimum Gasteiger partial charge on any atom is -0.497 e. The monoisotopic (exact) mass is 336 g/mol. The summed E-state index contributed by atoms with van der Waals surface area (Å²) < 4.78 is 10.6. The minimum atomic E-state index is -0.127. The third kappa shape index (κ3) is 5.15. The van der Waals surface area contributed by atoms with Gasteiger partial charge in [0.05, 0.1) is 19.9 Å². The van der Waals surface area contributed by atoms with Crippen LogP contribution < -0.4 is 19.7 Å². The number of carbonyl (C=O) groups excluding carboxylic acids is 2. The number of amides is 2. The molecule has 0 heterocycles. The van der Waals surface area contributed by atoms with Crippen molar-refractivity contribution in [3.8, 4) is 11.5 Å². The average Bonchev–Trinajstić information content (AvgIpc) is 2.58. The zero-order chi connectivity index (χ0) is 18.1. The van der Waals surface area contributed by atoms with Gasteiger partial charge in [-0.3, -0.25) is 9.59 Å². The van der Waals surface area contributed by atoms with E-state index in [1.807, 2.05) is 13.8 Å². The second-order valence-corrected chi connectivity index (χ2v) is 5.51. The minimum absolute atomic E-state index is 0.0159. The van der Waals surface area contributed by atoms with Crippen molar-refractivity contribution >= 4 is 17.5 Å². The second-order valence-electron chi connectivity index (χ2n) is 5.51. The maximum atomic E-state index is 12.1. The predicted molar refractivity (Wildman–Crippen MR) is 94.7 cm³/mol. The molecule has 0 fully saturated rings. The van der Waals surface area contributed by atoms with Crippen molar-refractivity contribution in [2.24, 2.45) is 5.92 Å². The summed E-state index contributed by atoms with van der Waals surface area (Å²) in [5, 5.41) is 2.90. The number of nitrogens with one attached hydrogen (secondary N) is 1. The van der Waals surface area contributed by atoms with Crippen LogP contribution in [-0.2, 0) is 9.59 Å². The van der Waals surface area contributed by atoms with Gasteiger partial charge in [-0.1, -0.05) is 13.8 Å². The molecule has 0 aromatic heterocycles. The van der Waals surface area contributed by atoms with Gasteiger partial charge in [0.2, 0.25) is 11.8 Å². The van der Waals surface area contributed by atoms with E-state index in [0.29, 0.717) is 30.3 Å². The van der Waals surface area contributed by atoms with Gasteiger partial charge < -0.3 is 19.7 Å². The predicted octanol–water partition coefficient (Wildman–Crippen LogP) is 2.61. The molecular formula is C18H28N2O4. The highest BCUT2D eigenvalue weighted by atomic mass is 16.5. The van der Waals surface area contributed by atoms with Crippen molar-refractivity contribution in [3.63, 3.8) is 0 Å². The quantitative estimate of drug-likeness (QED) is 0.753. The molecule has 0 unspecified atom stereocenters. The number of nitrogens with zero attached hydrogens (tertiary/aromatic N) is 1. The first-order chi connectivity index (χ1) is 11.5. The highest BCUT2D eigenvalue weighted by molar-refractivity contribution is 5.93. The molecule has 0 aliphatic heterocycles. The largest absolute Gasteiger partial charge is 0.497 e. The summed E-state index contributed by atoms with van der Waals surface area (Å²) in [4.78, 5) is 25.7. The molecule has 0 saturated carbocycles. The normalized spacial score (nSPS) is 10.4. The van der Waals surface area contributed by atoms with Gasteiger partial charge in [0.15, 0.2) is 0 Å². The molecule has 1 aromatic rings. The Morgan fingerprint density at radius 1 is 1.17 bits per heavy atom. The van der Waals surface area contributed by atoms with Crippen LogP contribution >= 0.6 is 0 Å². The van der Waals surface area contributed by atoms with E-state index in [-0.39, 0.29) is 17.7 Å². The van der Waals surface area contributed by atoms with Crippen molar-refractivity contribution in [3.05, 3.63) is 18.2 Å². The van der Waals surface area contributed by atoms with Crippen LogP contribution in [0.2, 0.25) is 0 Å². The van der Waals surface area contributed by atoms with Crippen molar-refractivity contribution in [2.75, 3.05) is 32.2 Å². The Hall–Kier alpha value is -2.24. The molecule has 0 radical (unpaired) electrons. The molecule has 6 nitrogen and oxygen atoms in total. The summed E-state index contributed by atoms with van der Waals surface area (Å²) in [6, 6.07) is 5.28. The van der Waals surface area contributed by atoms with Crippen molar-refractivity contribution in [2.45, 2.75) is 33.6 Å². The first-order valence-corrected chi connectivity index (χ1v) is 8.26. The number of methoxy groups -OCH3 is 2. The Kier molecular flexibility index (Phi) is 8.09. The molecule has 24 heavy (non-hydrogen) atoms. The van der Waals surface area contributed by atoms with Gasteiger partial charge in [0.1, 0.15) is 11.5 Å². The number of benzene rings is 1. The summed E-state index contributed by atoms with van der Waals surface area (Å²) in [6.45, 7) is 6.23. The molecule has 0 atom stereocenters. The number of hydrogen-bond donors (Lipinski definition) is 1. The lowest BCUT2D eigenvalue weighted by Gasteiger charge is -2.24. The summed E-state index contributed by atoms with van der Waals surface area (Å²) in [7, 11) is 3.12. The highest BCUT2D eigenvalue weighted by Gasteiger charge is 2.18. The van der Waals surface area contributed by atoms with Crippen LogP contribution in [0.3, 0.4) is 0 Å². The smallest absolute Gasteiger partial charge is 0.224 e. The van der Waals surface area contributed by atoms with Crippen LogP contribution in [0.25, 0.3) is 0 Å². The van der Waals surface area contributed by atoms with E-state index >= 15 is 0 Å². The van der Waals surface area contributed by atoms with Gasteiger partial charge in [-0.05, 0) is 25.0 Å². The number of rotatable bonds is 9. The molecule has 2 amide bonds. The molecule has 0 aliphatic rings. The van der Waals surface area contributed by atoms with Crippen molar-refractivity contribution < 1.29 is 19.1 Å². The molecule has 0 saturated heterocycles. The van der Waals surface area contributed by atoms with E-state index in [1.165, 1.54) is 6.92 Å². The molecule has 6 heteroatoms. The average molecular weight is 336 g/mol. The Bertz CT molecular complexity index is 556. The van der Waals surface area contributed by atoms with Crippen LogP contribution in [0.4, 0.5) is 5.69 Å². The lowest BCUT2D eigenvalue weighted by atomic mass is 10.0. The molecule has 0 spiro atoms. The lowest BCUT2D eigenvalue weighted by Crippen LogP contribution is -2.39. The highest BCUT2D eigenvalue weighted by Crippen LogP contribution is 2.32. The molecule has 1 rings (SSSR count). The third-order valence-electron chi connectivity index (χ3n) is 4.05. The van der Waals surface area contributed by atoms with Crippen LogP contribution in [0.15, 0.2) is 18.2 Å². The van der Waals surface area contributed by atoms with E-state index in [2.05, 4.69) is 5.32 Å². The summed E-state index contributed by atoms with van der Waals surface area (Å²) in [5.74, 6) is 1.14. The van der Waals surface area contributed by atoms with Gasteiger partial charge in [-0.25, -0.2) is 0 Å². The van der Waals surface area contributed by atoms with E-state index < -0.39 is 0 Å². The molecule has 134 valence electrons. The summed E-state index contributed by atoms with van der Waals surface area (Å²) in [5.41, 5.74) is 0.626. The van der Waals surface area contributed by atoms with E-state index in [9.17, 15) is 9.59 Å². The van der Waals surface area contributed by atoms with Crippen molar-refractivity contribution in [1.82, 2.24) is 5.32 Å². The topological polar surface area (TPSA) is 67.9 Å². The number of ether oxygens (including phenoxy) is 2. The van der Waals surface area contributed by atoms with Crippen LogP contribution in [0.1, 0.15) is 33.6 Å². The third-order valence-corrected chi connectivity index (χ3v) is 4.05. The molecular weight excluding hydrogens is 308 g/mol.